The molecule has 0 amide bonds. The number of halogens is 2. The van der Waals surface area contributed by atoms with Gasteiger partial charge in [0.2, 0.25) is 5.76 Å². The molecular formula is C17H12Cl2O5. The van der Waals surface area contributed by atoms with Crippen LogP contribution in [0.25, 0.3) is 0 Å². The Labute approximate surface area is 147 Å². The van der Waals surface area contributed by atoms with Gasteiger partial charge in [-0.25, -0.2) is 4.79 Å². The summed E-state index contributed by atoms with van der Waals surface area (Å²) < 4.78 is 5.58. The number of aliphatic hydroxyl groups excluding tert-OH is 1. The number of carboxylic acid groups (broad SMARTS) is 1. The topological polar surface area (TPSA) is 83.8 Å². The zero-order valence-electron chi connectivity index (χ0n) is 12.2. The molecule has 0 aliphatic rings. The van der Waals surface area contributed by atoms with E-state index in [1.54, 1.807) is 30.3 Å². The number of ether oxygens (including phenoxy) is 1. The van der Waals surface area contributed by atoms with E-state index in [-0.39, 0.29) is 12.2 Å². The lowest BCUT2D eigenvalue weighted by Gasteiger charge is -2.08. The molecule has 0 unspecified atom stereocenters. The van der Waals surface area contributed by atoms with Gasteiger partial charge in [-0.1, -0.05) is 41.4 Å². The largest absolute Gasteiger partial charge is 0.502 e. The van der Waals surface area contributed by atoms with Crippen LogP contribution in [0.5, 0.6) is 5.75 Å². The number of allylic oxidation sites excluding steroid dienone is 1. The summed E-state index contributed by atoms with van der Waals surface area (Å²) in [6, 6.07) is 11.3. The molecular weight excluding hydrogens is 355 g/mol. The van der Waals surface area contributed by atoms with Gasteiger partial charge < -0.3 is 14.9 Å². The van der Waals surface area contributed by atoms with Crippen molar-refractivity contribution in [1.82, 2.24) is 0 Å². The number of carboxylic acids is 1. The highest BCUT2D eigenvalue weighted by Gasteiger charge is 2.10. The predicted molar refractivity (Wildman–Crippen MR) is 89.9 cm³/mol. The number of benzene rings is 2. The van der Waals surface area contributed by atoms with Gasteiger partial charge in [0.1, 0.15) is 12.4 Å². The number of rotatable bonds is 6. The van der Waals surface area contributed by atoms with E-state index in [4.69, 9.17) is 38.2 Å². The summed E-state index contributed by atoms with van der Waals surface area (Å²) >= 11 is 11.8. The van der Waals surface area contributed by atoms with Crippen molar-refractivity contribution in [2.45, 2.75) is 6.61 Å². The first kappa shape index (κ1) is 17.8. The van der Waals surface area contributed by atoms with E-state index in [0.29, 0.717) is 21.9 Å². The molecule has 124 valence electrons. The lowest BCUT2D eigenvalue weighted by atomic mass is 10.1. The SMILES string of the molecule is O=C(O)/C(O)=C/C(=O)c1cccc(OCc2ccc(Cl)c(Cl)c2)c1. The zero-order valence-corrected chi connectivity index (χ0v) is 13.7. The maximum Gasteiger partial charge on any atom is 0.371 e. The van der Waals surface area contributed by atoms with E-state index in [9.17, 15) is 9.59 Å². The summed E-state index contributed by atoms with van der Waals surface area (Å²) in [7, 11) is 0. The summed E-state index contributed by atoms with van der Waals surface area (Å²) in [4.78, 5) is 22.4. The molecule has 2 aromatic carbocycles. The number of hydrogen-bond acceptors (Lipinski definition) is 4. The van der Waals surface area contributed by atoms with Crippen molar-refractivity contribution in [2.24, 2.45) is 0 Å². The van der Waals surface area contributed by atoms with Crippen molar-refractivity contribution in [2.75, 3.05) is 0 Å². The van der Waals surface area contributed by atoms with E-state index >= 15 is 0 Å². The second kappa shape index (κ2) is 7.86. The van der Waals surface area contributed by atoms with Gasteiger partial charge >= 0.3 is 5.97 Å². The Morgan fingerprint density at radius 1 is 1.04 bits per heavy atom. The Kier molecular flexibility index (Phi) is 5.84. The van der Waals surface area contributed by atoms with Gasteiger partial charge in [-0.2, -0.15) is 0 Å². The van der Waals surface area contributed by atoms with Crippen LogP contribution in [-0.2, 0) is 11.4 Å². The minimum Gasteiger partial charge on any atom is -0.502 e. The Bertz CT molecular complexity index is 814. The summed E-state index contributed by atoms with van der Waals surface area (Å²) in [5.41, 5.74) is 0.985. The highest BCUT2D eigenvalue weighted by molar-refractivity contribution is 6.42. The van der Waals surface area contributed by atoms with Crippen molar-refractivity contribution in [1.29, 1.82) is 0 Å². The Morgan fingerprint density at radius 3 is 2.46 bits per heavy atom. The highest BCUT2D eigenvalue weighted by Crippen LogP contribution is 2.23. The highest BCUT2D eigenvalue weighted by atomic mass is 35.5. The molecule has 5 nitrogen and oxygen atoms in total. The molecule has 0 aliphatic heterocycles. The molecule has 2 N–H and O–H groups in total. The number of carbonyl (C=O) groups excluding carboxylic acids is 1. The second-order valence-electron chi connectivity index (χ2n) is 4.76. The van der Waals surface area contributed by atoms with Crippen LogP contribution in [0.15, 0.2) is 54.3 Å². The summed E-state index contributed by atoms with van der Waals surface area (Å²) in [6.07, 6.45) is 0.639. The zero-order chi connectivity index (χ0) is 17.7. The Hall–Kier alpha value is -2.50. The molecule has 0 aromatic heterocycles. The van der Waals surface area contributed by atoms with Crippen LogP contribution in [0.2, 0.25) is 10.0 Å². The van der Waals surface area contributed by atoms with Crippen LogP contribution < -0.4 is 4.74 Å². The molecule has 0 saturated heterocycles. The van der Waals surface area contributed by atoms with Gasteiger partial charge in [-0.05, 0) is 29.8 Å². The van der Waals surface area contributed by atoms with Gasteiger partial charge in [-0.15, -0.1) is 0 Å². The van der Waals surface area contributed by atoms with Crippen molar-refractivity contribution in [3.05, 3.63) is 75.5 Å². The first-order chi connectivity index (χ1) is 11.4. The lowest BCUT2D eigenvalue weighted by molar-refractivity contribution is -0.135. The fourth-order valence-electron chi connectivity index (χ4n) is 1.80. The first-order valence-electron chi connectivity index (χ1n) is 6.72. The fraction of sp³-hybridized carbons (Fsp3) is 0.0588. The number of aliphatic carboxylic acids is 1. The van der Waals surface area contributed by atoms with Crippen LogP contribution in [-0.4, -0.2) is 22.0 Å². The van der Waals surface area contributed by atoms with Crippen LogP contribution >= 0.6 is 23.2 Å². The molecule has 0 aliphatic carbocycles. The molecule has 0 spiro atoms. The Balaban J connectivity index is 2.10. The first-order valence-corrected chi connectivity index (χ1v) is 7.47. The van der Waals surface area contributed by atoms with Gasteiger partial charge in [0.25, 0.3) is 0 Å². The predicted octanol–water partition coefficient (Wildman–Crippen LogP) is 4.28. The van der Waals surface area contributed by atoms with Crippen LogP contribution in [0.1, 0.15) is 15.9 Å². The maximum absolute atomic E-state index is 11.9. The smallest absolute Gasteiger partial charge is 0.371 e. The monoisotopic (exact) mass is 366 g/mol. The molecule has 7 heteroatoms. The standard InChI is InChI=1S/C17H12Cl2O5/c18-13-5-4-10(6-14(13)19)9-24-12-3-1-2-11(7-12)15(20)8-16(21)17(22)23/h1-8,21H,9H2,(H,22,23)/b16-8-. The van der Waals surface area contributed by atoms with E-state index in [1.165, 1.54) is 12.1 Å². The molecule has 0 radical (unpaired) electrons. The van der Waals surface area contributed by atoms with Crippen molar-refractivity contribution in [3.63, 3.8) is 0 Å². The van der Waals surface area contributed by atoms with Gasteiger partial charge in [0, 0.05) is 11.6 Å². The van der Waals surface area contributed by atoms with Crippen LogP contribution in [0.3, 0.4) is 0 Å². The third-order valence-electron chi connectivity index (χ3n) is 2.99. The third kappa shape index (κ3) is 4.75. The van der Waals surface area contributed by atoms with Crippen molar-refractivity contribution >= 4 is 35.0 Å². The molecule has 0 heterocycles. The lowest BCUT2D eigenvalue weighted by Crippen LogP contribution is -2.04. The molecule has 0 fully saturated rings. The number of aliphatic hydroxyl groups is 1. The fourth-order valence-corrected chi connectivity index (χ4v) is 2.13. The van der Waals surface area contributed by atoms with Crippen molar-refractivity contribution < 1.29 is 24.5 Å². The minimum absolute atomic E-state index is 0.189. The number of carbonyl (C=O) groups is 2. The third-order valence-corrected chi connectivity index (χ3v) is 3.73. The van der Waals surface area contributed by atoms with Gasteiger partial charge in [0.15, 0.2) is 5.78 Å². The van der Waals surface area contributed by atoms with E-state index < -0.39 is 17.5 Å². The minimum atomic E-state index is -1.57. The summed E-state index contributed by atoms with van der Waals surface area (Å²) in [5.74, 6) is -2.83. The van der Waals surface area contributed by atoms with E-state index in [2.05, 4.69) is 0 Å². The summed E-state index contributed by atoms with van der Waals surface area (Å²) in [6.45, 7) is 0.213. The van der Waals surface area contributed by atoms with Crippen LogP contribution in [0.4, 0.5) is 0 Å². The van der Waals surface area contributed by atoms with Crippen molar-refractivity contribution in [3.8, 4) is 5.75 Å². The molecule has 2 aromatic rings. The molecule has 0 saturated carbocycles. The number of ketones is 1. The van der Waals surface area contributed by atoms with Gasteiger partial charge in [-0.3, -0.25) is 4.79 Å². The normalized spacial score (nSPS) is 11.2. The average Bonchev–Trinajstić information content (AvgIpc) is 2.56. The van der Waals surface area contributed by atoms with Crippen LogP contribution in [0, 0.1) is 0 Å². The number of hydrogen-bond donors (Lipinski definition) is 2. The average molecular weight is 367 g/mol. The maximum atomic E-state index is 11.9. The summed E-state index contributed by atoms with van der Waals surface area (Å²) in [5, 5.41) is 18.5. The molecule has 0 bridgehead atoms. The van der Waals surface area contributed by atoms with E-state index in [1.807, 2.05) is 0 Å². The molecule has 24 heavy (non-hydrogen) atoms. The Morgan fingerprint density at radius 2 is 1.79 bits per heavy atom. The molecule has 2 rings (SSSR count). The van der Waals surface area contributed by atoms with E-state index in [0.717, 1.165) is 5.56 Å². The van der Waals surface area contributed by atoms with Gasteiger partial charge in [0.05, 0.1) is 10.0 Å². The molecule has 0 atom stereocenters. The quantitative estimate of drug-likeness (QED) is 0.452. The second-order valence-corrected chi connectivity index (χ2v) is 5.58.